The second kappa shape index (κ2) is 7.22. The van der Waals surface area contributed by atoms with Gasteiger partial charge in [0.1, 0.15) is 6.42 Å². The van der Waals surface area contributed by atoms with Gasteiger partial charge in [-0.1, -0.05) is 5.16 Å². The monoisotopic (exact) mass is 306 g/mol. The van der Waals surface area contributed by atoms with Gasteiger partial charge in [0.15, 0.2) is 5.82 Å². The average Bonchev–Trinajstić information content (AvgIpc) is 2.83. The van der Waals surface area contributed by atoms with Gasteiger partial charge < -0.3 is 9.84 Å². The number of likely N-dealkylation sites (tertiary alicyclic amines) is 1. The van der Waals surface area contributed by atoms with Crippen LogP contribution in [0, 0.1) is 5.92 Å². The van der Waals surface area contributed by atoms with Crippen LogP contribution in [0.4, 0.5) is 13.2 Å². The number of aromatic nitrogens is 2. The minimum Gasteiger partial charge on any atom is -0.338 e. The Morgan fingerprint density at radius 3 is 2.67 bits per heavy atom. The van der Waals surface area contributed by atoms with Gasteiger partial charge in [0, 0.05) is 0 Å². The number of nitrogens with zero attached hydrogens (tertiary/aromatic N) is 3. The molecule has 8 heteroatoms. The van der Waals surface area contributed by atoms with Crippen LogP contribution in [0.15, 0.2) is 4.52 Å². The molecule has 1 fully saturated rings. The molecule has 1 aliphatic heterocycles. The zero-order valence-corrected chi connectivity index (χ0v) is 12.1. The minimum atomic E-state index is -4.30. The van der Waals surface area contributed by atoms with Crippen LogP contribution in [-0.4, -0.2) is 47.9 Å². The molecule has 1 aromatic rings. The van der Waals surface area contributed by atoms with Gasteiger partial charge in [-0.05, 0) is 51.9 Å². The van der Waals surface area contributed by atoms with Crippen LogP contribution in [0.2, 0.25) is 0 Å². The number of hydrogen-bond donors (Lipinski definition) is 1. The maximum absolute atomic E-state index is 12.2. The highest BCUT2D eigenvalue weighted by molar-refractivity contribution is 4.89. The highest BCUT2D eigenvalue weighted by atomic mass is 19.4. The van der Waals surface area contributed by atoms with Crippen molar-refractivity contribution in [3.05, 3.63) is 11.7 Å². The highest BCUT2D eigenvalue weighted by Crippen LogP contribution is 2.22. The smallest absolute Gasteiger partial charge is 0.338 e. The number of piperidine rings is 1. The third-order valence-corrected chi connectivity index (χ3v) is 3.74. The first-order valence-corrected chi connectivity index (χ1v) is 7.21. The van der Waals surface area contributed by atoms with E-state index in [1.54, 1.807) is 0 Å². The predicted molar refractivity (Wildman–Crippen MR) is 70.6 cm³/mol. The van der Waals surface area contributed by atoms with Gasteiger partial charge in [-0.3, -0.25) is 4.90 Å². The molecule has 0 spiro atoms. The molecule has 2 rings (SSSR count). The zero-order valence-electron chi connectivity index (χ0n) is 12.1. The molecule has 1 aromatic heterocycles. The van der Waals surface area contributed by atoms with E-state index in [-0.39, 0.29) is 11.7 Å². The van der Waals surface area contributed by atoms with E-state index in [1.165, 1.54) is 6.42 Å². The van der Waals surface area contributed by atoms with E-state index in [0.29, 0.717) is 6.54 Å². The molecule has 0 amide bonds. The fourth-order valence-electron chi connectivity index (χ4n) is 2.58. The zero-order chi connectivity index (χ0) is 15.3. The number of rotatable bonds is 6. The molecule has 1 saturated heterocycles. The number of alkyl halides is 3. The Morgan fingerprint density at radius 2 is 2.05 bits per heavy atom. The molecule has 0 aromatic carbocycles. The van der Waals surface area contributed by atoms with Crippen LogP contribution in [0.5, 0.6) is 0 Å². The second-order valence-electron chi connectivity index (χ2n) is 5.51. The molecule has 0 radical (unpaired) electrons. The van der Waals surface area contributed by atoms with Gasteiger partial charge in [0.05, 0.1) is 6.54 Å². The van der Waals surface area contributed by atoms with Crippen molar-refractivity contribution >= 4 is 0 Å². The summed E-state index contributed by atoms with van der Waals surface area (Å²) < 4.78 is 41.5. The molecular formula is C13H21F3N4O. The Bertz CT molecular complexity index is 427. The van der Waals surface area contributed by atoms with Gasteiger partial charge in [-0.2, -0.15) is 18.2 Å². The van der Waals surface area contributed by atoms with E-state index in [4.69, 9.17) is 4.52 Å². The Labute approximate surface area is 121 Å². The molecular weight excluding hydrogens is 285 g/mol. The van der Waals surface area contributed by atoms with E-state index in [0.717, 1.165) is 38.4 Å². The maximum Gasteiger partial charge on any atom is 0.396 e. The van der Waals surface area contributed by atoms with Crippen molar-refractivity contribution in [2.75, 3.05) is 26.7 Å². The Hall–Kier alpha value is -1.15. The van der Waals surface area contributed by atoms with Gasteiger partial charge >= 0.3 is 6.18 Å². The van der Waals surface area contributed by atoms with Crippen molar-refractivity contribution in [1.82, 2.24) is 20.4 Å². The summed E-state index contributed by atoms with van der Waals surface area (Å²) in [6.45, 7) is 3.30. The lowest BCUT2D eigenvalue weighted by Crippen LogP contribution is -2.34. The lowest BCUT2D eigenvalue weighted by Gasteiger charge is -2.30. The number of hydrogen-bond acceptors (Lipinski definition) is 5. The standard InChI is InChI=1S/C13H21F3N4O/c1-17-5-2-10-3-6-20(7-4-10)9-12-18-11(19-21-12)8-13(14,15)16/h10,17H,2-9H2,1H3. The van der Waals surface area contributed by atoms with E-state index in [2.05, 4.69) is 20.4 Å². The van der Waals surface area contributed by atoms with Crippen LogP contribution in [-0.2, 0) is 13.0 Å². The van der Waals surface area contributed by atoms with Gasteiger partial charge in [0.25, 0.3) is 0 Å². The third kappa shape index (κ3) is 5.62. The van der Waals surface area contributed by atoms with E-state index in [9.17, 15) is 13.2 Å². The van der Waals surface area contributed by atoms with E-state index in [1.807, 2.05) is 7.05 Å². The first kappa shape index (κ1) is 16.2. The quantitative estimate of drug-likeness (QED) is 0.871. The van der Waals surface area contributed by atoms with E-state index >= 15 is 0 Å². The van der Waals surface area contributed by atoms with Crippen LogP contribution >= 0.6 is 0 Å². The Kier molecular flexibility index (Phi) is 5.58. The summed E-state index contributed by atoms with van der Waals surface area (Å²) in [7, 11) is 1.95. The molecule has 21 heavy (non-hydrogen) atoms. The fraction of sp³-hybridized carbons (Fsp3) is 0.846. The summed E-state index contributed by atoms with van der Waals surface area (Å²) >= 11 is 0. The topological polar surface area (TPSA) is 54.2 Å². The molecule has 1 aliphatic rings. The maximum atomic E-state index is 12.2. The molecule has 120 valence electrons. The SMILES string of the molecule is CNCCC1CCN(Cc2nc(CC(F)(F)F)no2)CC1. The van der Waals surface area contributed by atoms with Crippen LogP contribution < -0.4 is 5.32 Å². The van der Waals surface area contributed by atoms with Crippen molar-refractivity contribution in [1.29, 1.82) is 0 Å². The second-order valence-corrected chi connectivity index (χ2v) is 5.51. The van der Waals surface area contributed by atoms with Crippen molar-refractivity contribution < 1.29 is 17.7 Å². The largest absolute Gasteiger partial charge is 0.396 e. The molecule has 0 unspecified atom stereocenters. The average molecular weight is 306 g/mol. The van der Waals surface area contributed by atoms with Gasteiger partial charge in [-0.25, -0.2) is 0 Å². The highest BCUT2D eigenvalue weighted by Gasteiger charge is 2.31. The first-order chi connectivity index (χ1) is 9.96. The summed E-state index contributed by atoms with van der Waals surface area (Å²) in [6.07, 6.45) is -2.06. The molecule has 5 nitrogen and oxygen atoms in total. The first-order valence-electron chi connectivity index (χ1n) is 7.21. The third-order valence-electron chi connectivity index (χ3n) is 3.74. The predicted octanol–water partition coefficient (Wildman–Crippen LogP) is 2.00. The van der Waals surface area contributed by atoms with Crippen molar-refractivity contribution in [2.45, 2.75) is 38.4 Å². The lowest BCUT2D eigenvalue weighted by molar-refractivity contribution is -0.128. The summed E-state index contributed by atoms with van der Waals surface area (Å²) in [5.41, 5.74) is 0. The lowest BCUT2D eigenvalue weighted by atomic mass is 9.93. The van der Waals surface area contributed by atoms with Crippen LogP contribution in [0.3, 0.4) is 0 Å². The van der Waals surface area contributed by atoms with Gasteiger partial charge in [-0.15, -0.1) is 0 Å². The Morgan fingerprint density at radius 1 is 1.33 bits per heavy atom. The van der Waals surface area contributed by atoms with Gasteiger partial charge in [0.2, 0.25) is 5.89 Å². The minimum absolute atomic E-state index is 0.267. The molecule has 0 saturated carbocycles. The van der Waals surface area contributed by atoms with Crippen molar-refractivity contribution in [3.63, 3.8) is 0 Å². The van der Waals surface area contributed by atoms with Crippen molar-refractivity contribution in [3.8, 4) is 0 Å². The van der Waals surface area contributed by atoms with Crippen LogP contribution in [0.1, 0.15) is 31.0 Å². The molecule has 2 heterocycles. The summed E-state index contributed by atoms with van der Waals surface area (Å²) in [4.78, 5) is 5.96. The summed E-state index contributed by atoms with van der Waals surface area (Å²) in [5, 5.41) is 6.53. The summed E-state index contributed by atoms with van der Waals surface area (Å²) in [6, 6.07) is 0. The molecule has 1 N–H and O–H groups in total. The molecule has 0 aliphatic carbocycles. The molecule has 0 atom stereocenters. The van der Waals surface area contributed by atoms with Crippen molar-refractivity contribution in [2.24, 2.45) is 5.92 Å². The number of halogens is 3. The summed E-state index contributed by atoms with van der Waals surface area (Å²) in [5.74, 6) is 0.696. The van der Waals surface area contributed by atoms with Crippen LogP contribution in [0.25, 0.3) is 0 Å². The van der Waals surface area contributed by atoms with E-state index < -0.39 is 12.6 Å². The normalized spacial score (nSPS) is 18.3. The number of nitrogens with one attached hydrogen (secondary N) is 1. The fourth-order valence-corrected chi connectivity index (χ4v) is 2.58. The molecule has 0 bridgehead atoms. The Balaban J connectivity index is 1.76.